The third-order valence-electron chi connectivity index (χ3n) is 5.16. The van der Waals surface area contributed by atoms with Gasteiger partial charge in [-0.3, -0.25) is 4.79 Å². The average molecular weight is 441 g/mol. The minimum atomic E-state index is -0.466. The highest BCUT2D eigenvalue weighted by Crippen LogP contribution is 2.43. The van der Waals surface area contributed by atoms with Gasteiger partial charge in [0.2, 0.25) is 0 Å². The van der Waals surface area contributed by atoms with Crippen molar-refractivity contribution in [2.75, 3.05) is 0 Å². The second-order valence-corrected chi connectivity index (χ2v) is 8.43. The molecule has 3 aromatic rings. The number of carbonyl (C=O) groups is 1. The Labute approximate surface area is 180 Å². The van der Waals surface area contributed by atoms with E-state index in [-0.39, 0.29) is 5.78 Å². The van der Waals surface area contributed by atoms with Crippen molar-refractivity contribution < 1.29 is 13.6 Å². The highest BCUT2D eigenvalue weighted by atomic mass is 35.5. The first-order valence-corrected chi connectivity index (χ1v) is 10.6. The van der Waals surface area contributed by atoms with Crippen molar-refractivity contribution in [2.24, 2.45) is 16.5 Å². The van der Waals surface area contributed by atoms with Gasteiger partial charge in [0.25, 0.3) is 5.22 Å². The number of amidine groups is 1. The molecule has 152 valence electrons. The number of nitrogens with zero attached hydrogens (tertiary/aromatic N) is 2. The summed E-state index contributed by atoms with van der Waals surface area (Å²) in [5.41, 5.74) is 15.2. The highest BCUT2D eigenvalue weighted by Gasteiger charge is 2.37. The van der Waals surface area contributed by atoms with Crippen LogP contribution in [0.25, 0.3) is 11.1 Å². The number of rotatable bonds is 3. The van der Waals surface area contributed by atoms with Crippen LogP contribution in [0.15, 0.2) is 77.5 Å². The molecule has 0 spiro atoms. The molecule has 9 heteroatoms. The molecule has 3 heterocycles. The molecule has 4 N–H and O–H groups in total. The van der Waals surface area contributed by atoms with E-state index in [1.165, 1.54) is 18.0 Å². The van der Waals surface area contributed by atoms with E-state index in [1.807, 2.05) is 12.1 Å². The lowest BCUT2D eigenvalue weighted by molar-refractivity contribution is -0.116. The number of hydrogen-bond acceptors (Lipinski definition) is 8. The molecule has 0 fully saturated rings. The number of oxazole rings is 1. The molecule has 1 atom stereocenters. The molecule has 1 unspecified atom stereocenters. The van der Waals surface area contributed by atoms with Crippen LogP contribution in [-0.2, 0) is 4.79 Å². The van der Waals surface area contributed by atoms with Gasteiger partial charge >= 0.3 is 0 Å². The number of hydrogen-bond donors (Lipinski definition) is 2. The SMILES string of the molecule is N/C=C1\C(N)=NC2=C(C(=O)CCC2)C1c1ccc(Sc2nc3cc(Cl)ccc3o2)o1. The van der Waals surface area contributed by atoms with Crippen LogP contribution in [0.5, 0.6) is 0 Å². The van der Waals surface area contributed by atoms with E-state index in [0.29, 0.717) is 62.0 Å². The van der Waals surface area contributed by atoms with Crippen molar-refractivity contribution >= 4 is 46.1 Å². The Kier molecular flexibility index (Phi) is 4.67. The molecule has 30 heavy (non-hydrogen) atoms. The van der Waals surface area contributed by atoms with Gasteiger partial charge in [-0.15, -0.1) is 0 Å². The maximum Gasteiger partial charge on any atom is 0.264 e. The van der Waals surface area contributed by atoms with Gasteiger partial charge in [0.15, 0.2) is 16.5 Å². The lowest BCUT2D eigenvalue weighted by atomic mass is 9.78. The number of fused-ring (bicyclic) bond motifs is 1. The Morgan fingerprint density at radius 1 is 1.20 bits per heavy atom. The van der Waals surface area contributed by atoms with Crippen LogP contribution < -0.4 is 11.5 Å². The molecule has 0 amide bonds. The largest absolute Gasteiger partial charge is 0.453 e. The zero-order valence-electron chi connectivity index (χ0n) is 15.7. The number of benzene rings is 1. The smallest absolute Gasteiger partial charge is 0.264 e. The van der Waals surface area contributed by atoms with E-state index in [4.69, 9.17) is 31.9 Å². The summed E-state index contributed by atoms with van der Waals surface area (Å²) >= 11 is 7.25. The lowest BCUT2D eigenvalue weighted by Crippen LogP contribution is -2.30. The van der Waals surface area contributed by atoms with Gasteiger partial charge in [-0.1, -0.05) is 11.6 Å². The number of aliphatic imine (C=N–C) groups is 1. The van der Waals surface area contributed by atoms with Crippen LogP contribution in [0.2, 0.25) is 5.02 Å². The number of Topliss-reactive ketones (excluding diaryl/α,β-unsaturated/α-hetero) is 1. The van der Waals surface area contributed by atoms with Gasteiger partial charge in [-0.05, 0) is 43.2 Å². The summed E-state index contributed by atoms with van der Waals surface area (Å²) in [6.07, 6.45) is 3.36. The standard InChI is InChI=1S/C21H17ClN4O3S/c22-10-4-5-15-13(8-10)26-21(29-15)30-17-7-6-16(28-17)18-11(9-23)20(24)25-12-2-1-3-14(27)19(12)18/h4-9,18H,1-3,23H2,(H2,24,25)/b11-9-. The molecule has 0 saturated carbocycles. The summed E-state index contributed by atoms with van der Waals surface area (Å²) in [7, 11) is 0. The summed E-state index contributed by atoms with van der Waals surface area (Å²) < 4.78 is 11.8. The Morgan fingerprint density at radius 3 is 2.90 bits per heavy atom. The van der Waals surface area contributed by atoms with E-state index < -0.39 is 5.92 Å². The second-order valence-electron chi connectivity index (χ2n) is 7.04. The number of furan rings is 1. The molecule has 5 rings (SSSR count). The first kappa shape index (κ1) is 19.0. The molecular weight excluding hydrogens is 424 g/mol. The third kappa shape index (κ3) is 3.22. The zero-order chi connectivity index (χ0) is 20.8. The number of carbonyl (C=O) groups excluding carboxylic acids is 1. The molecule has 0 radical (unpaired) electrons. The molecule has 2 aromatic heterocycles. The van der Waals surface area contributed by atoms with Crippen molar-refractivity contribution in [3.05, 3.63) is 64.2 Å². The highest BCUT2D eigenvalue weighted by molar-refractivity contribution is 7.99. The fraction of sp³-hybridized carbons (Fsp3) is 0.190. The lowest BCUT2D eigenvalue weighted by Gasteiger charge is -2.29. The Balaban J connectivity index is 1.49. The summed E-state index contributed by atoms with van der Waals surface area (Å²) in [4.78, 5) is 21.5. The predicted molar refractivity (Wildman–Crippen MR) is 114 cm³/mol. The van der Waals surface area contributed by atoms with Crippen LogP contribution in [0, 0.1) is 0 Å². The number of aromatic nitrogens is 1. The molecular formula is C21H17ClN4O3S. The van der Waals surface area contributed by atoms with Crippen molar-refractivity contribution in [3.63, 3.8) is 0 Å². The van der Waals surface area contributed by atoms with Gasteiger partial charge in [0, 0.05) is 40.6 Å². The number of nitrogens with two attached hydrogens (primary N) is 2. The van der Waals surface area contributed by atoms with Crippen LogP contribution in [0.3, 0.4) is 0 Å². The average Bonchev–Trinajstić information content (AvgIpc) is 3.33. The van der Waals surface area contributed by atoms with Crippen LogP contribution >= 0.6 is 23.4 Å². The summed E-state index contributed by atoms with van der Waals surface area (Å²) in [5.74, 6) is 0.483. The van der Waals surface area contributed by atoms with Gasteiger partial charge in [-0.2, -0.15) is 0 Å². The fourth-order valence-corrected chi connectivity index (χ4v) is 4.72. The molecule has 2 aliphatic rings. The van der Waals surface area contributed by atoms with Crippen molar-refractivity contribution in [2.45, 2.75) is 35.5 Å². The van der Waals surface area contributed by atoms with E-state index in [9.17, 15) is 4.79 Å². The predicted octanol–water partition coefficient (Wildman–Crippen LogP) is 4.53. The third-order valence-corrected chi connectivity index (χ3v) is 6.17. The van der Waals surface area contributed by atoms with E-state index >= 15 is 0 Å². The monoisotopic (exact) mass is 440 g/mol. The molecule has 0 saturated heterocycles. The van der Waals surface area contributed by atoms with Crippen molar-refractivity contribution in [1.29, 1.82) is 0 Å². The second kappa shape index (κ2) is 7.37. The van der Waals surface area contributed by atoms with Gasteiger partial charge < -0.3 is 20.3 Å². The Morgan fingerprint density at radius 2 is 2.07 bits per heavy atom. The maximum absolute atomic E-state index is 12.7. The summed E-state index contributed by atoms with van der Waals surface area (Å²) in [6, 6.07) is 8.89. The van der Waals surface area contributed by atoms with Crippen LogP contribution in [0.4, 0.5) is 0 Å². The maximum atomic E-state index is 12.7. The normalized spacial score (nSPS) is 20.7. The Hall–Kier alpha value is -2.97. The minimum absolute atomic E-state index is 0.0540. The van der Waals surface area contributed by atoms with Gasteiger partial charge in [-0.25, -0.2) is 9.98 Å². The quantitative estimate of drug-likeness (QED) is 0.613. The topological polar surface area (TPSA) is 121 Å². The zero-order valence-corrected chi connectivity index (χ0v) is 17.3. The molecule has 1 aromatic carbocycles. The van der Waals surface area contributed by atoms with E-state index in [2.05, 4.69) is 9.98 Å². The van der Waals surface area contributed by atoms with Crippen molar-refractivity contribution in [3.8, 4) is 0 Å². The first-order chi connectivity index (χ1) is 14.5. The minimum Gasteiger partial charge on any atom is -0.453 e. The van der Waals surface area contributed by atoms with Gasteiger partial charge in [0.05, 0.1) is 11.6 Å². The number of ketones is 1. The molecule has 1 aliphatic heterocycles. The van der Waals surface area contributed by atoms with Crippen LogP contribution in [-0.4, -0.2) is 16.6 Å². The Bertz CT molecular complexity index is 1270. The first-order valence-electron chi connectivity index (χ1n) is 9.39. The number of allylic oxidation sites excluding steroid dienone is 2. The van der Waals surface area contributed by atoms with Gasteiger partial charge in [0.1, 0.15) is 17.1 Å². The van der Waals surface area contributed by atoms with E-state index in [1.54, 1.807) is 18.2 Å². The summed E-state index contributed by atoms with van der Waals surface area (Å²) in [6.45, 7) is 0. The van der Waals surface area contributed by atoms with E-state index in [0.717, 1.165) is 12.1 Å². The molecule has 7 nitrogen and oxygen atoms in total. The van der Waals surface area contributed by atoms with Crippen LogP contribution in [0.1, 0.15) is 30.9 Å². The fourth-order valence-electron chi connectivity index (χ4n) is 3.83. The summed E-state index contributed by atoms with van der Waals surface area (Å²) in [5, 5.41) is 1.60. The molecule has 1 aliphatic carbocycles. The van der Waals surface area contributed by atoms with Crippen molar-refractivity contribution in [1.82, 2.24) is 4.98 Å². The molecule has 0 bridgehead atoms. The number of halogens is 1.